The maximum Gasteiger partial charge on any atom is 0.211 e. The second-order valence-corrected chi connectivity index (χ2v) is 9.75. The number of aliphatic imine (C=N–C) groups is 1. The Hall–Kier alpha value is -0.820. The number of likely N-dealkylation sites (tertiary alicyclic amines) is 1. The fourth-order valence-corrected chi connectivity index (χ4v) is 4.77. The van der Waals surface area contributed by atoms with Crippen molar-refractivity contribution in [2.45, 2.75) is 39.5 Å². The van der Waals surface area contributed by atoms with E-state index in [1.165, 1.54) is 19.1 Å². The van der Waals surface area contributed by atoms with Crippen LogP contribution in [-0.2, 0) is 10.0 Å². The molecule has 0 bridgehead atoms. The second-order valence-electron chi connectivity index (χ2n) is 7.76. The van der Waals surface area contributed by atoms with E-state index in [0.717, 1.165) is 50.3 Å². The van der Waals surface area contributed by atoms with Gasteiger partial charge >= 0.3 is 0 Å². The van der Waals surface area contributed by atoms with Gasteiger partial charge in [-0.25, -0.2) is 12.7 Å². The molecular formula is C17H34N4O2S. The van der Waals surface area contributed by atoms with Crippen molar-refractivity contribution in [3.63, 3.8) is 0 Å². The van der Waals surface area contributed by atoms with E-state index in [1.807, 2.05) is 7.05 Å². The fraction of sp³-hybridized carbons (Fsp3) is 0.941. The van der Waals surface area contributed by atoms with Crippen LogP contribution in [0.15, 0.2) is 4.99 Å². The summed E-state index contributed by atoms with van der Waals surface area (Å²) >= 11 is 0. The van der Waals surface area contributed by atoms with Crippen molar-refractivity contribution in [2.24, 2.45) is 22.7 Å². The summed E-state index contributed by atoms with van der Waals surface area (Å²) in [5.74, 6) is 3.06. The van der Waals surface area contributed by atoms with E-state index < -0.39 is 10.0 Å². The Morgan fingerprint density at radius 2 is 1.79 bits per heavy atom. The number of hydrogen-bond acceptors (Lipinski definition) is 3. The van der Waals surface area contributed by atoms with Gasteiger partial charge in [0.2, 0.25) is 10.0 Å². The van der Waals surface area contributed by atoms with E-state index >= 15 is 0 Å². The maximum absolute atomic E-state index is 11.6. The third-order valence-corrected chi connectivity index (χ3v) is 6.50. The lowest BCUT2D eigenvalue weighted by Crippen LogP contribution is -2.45. The molecule has 140 valence electrons. The minimum absolute atomic E-state index is 0.522. The number of nitrogens with one attached hydrogen (secondary N) is 1. The van der Waals surface area contributed by atoms with Crippen LogP contribution in [0, 0.1) is 17.8 Å². The highest BCUT2D eigenvalue weighted by atomic mass is 32.2. The largest absolute Gasteiger partial charge is 0.356 e. The third kappa shape index (κ3) is 5.62. The van der Waals surface area contributed by atoms with Crippen molar-refractivity contribution >= 4 is 16.0 Å². The molecule has 2 heterocycles. The van der Waals surface area contributed by atoms with Crippen LogP contribution >= 0.6 is 0 Å². The van der Waals surface area contributed by atoms with Crippen LogP contribution in [0.5, 0.6) is 0 Å². The third-order valence-electron chi connectivity index (χ3n) is 5.19. The number of piperidine rings is 1. The fourth-order valence-electron chi connectivity index (χ4n) is 3.90. The first-order valence-corrected chi connectivity index (χ1v) is 11.0. The van der Waals surface area contributed by atoms with Crippen molar-refractivity contribution in [3.8, 4) is 0 Å². The van der Waals surface area contributed by atoms with Gasteiger partial charge < -0.3 is 10.2 Å². The average molecular weight is 359 g/mol. The molecule has 0 aromatic carbocycles. The molecule has 2 aliphatic rings. The Bertz CT molecular complexity index is 525. The smallest absolute Gasteiger partial charge is 0.211 e. The Balaban J connectivity index is 1.75. The van der Waals surface area contributed by atoms with Crippen molar-refractivity contribution in [3.05, 3.63) is 0 Å². The molecule has 2 aliphatic heterocycles. The minimum Gasteiger partial charge on any atom is -0.356 e. The second kappa shape index (κ2) is 8.52. The zero-order chi connectivity index (χ0) is 17.7. The van der Waals surface area contributed by atoms with Crippen LogP contribution < -0.4 is 5.32 Å². The van der Waals surface area contributed by atoms with Gasteiger partial charge in [0.1, 0.15) is 0 Å². The van der Waals surface area contributed by atoms with Gasteiger partial charge in [-0.3, -0.25) is 4.99 Å². The van der Waals surface area contributed by atoms with Crippen LogP contribution in [-0.4, -0.2) is 69.6 Å². The molecule has 0 saturated carbocycles. The predicted octanol–water partition coefficient (Wildman–Crippen LogP) is 1.60. The van der Waals surface area contributed by atoms with Gasteiger partial charge in [0.05, 0.1) is 6.26 Å². The number of guanidine groups is 1. The molecule has 0 amide bonds. The maximum atomic E-state index is 11.6. The van der Waals surface area contributed by atoms with E-state index in [4.69, 9.17) is 0 Å². The summed E-state index contributed by atoms with van der Waals surface area (Å²) < 4.78 is 24.7. The predicted molar refractivity (Wildman–Crippen MR) is 99.6 cm³/mol. The number of rotatable bonds is 5. The zero-order valence-electron chi connectivity index (χ0n) is 15.7. The van der Waals surface area contributed by atoms with E-state index in [-0.39, 0.29) is 0 Å². The summed E-state index contributed by atoms with van der Waals surface area (Å²) in [5.41, 5.74) is 0. The van der Waals surface area contributed by atoms with Gasteiger partial charge in [-0.15, -0.1) is 0 Å². The molecule has 1 atom stereocenters. The zero-order valence-corrected chi connectivity index (χ0v) is 16.5. The Kier molecular flexibility index (Phi) is 6.92. The van der Waals surface area contributed by atoms with E-state index in [9.17, 15) is 8.42 Å². The Morgan fingerprint density at radius 1 is 1.17 bits per heavy atom. The summed E-state index contributed by atoms with van der Waals surface area (Å²) in [4.78, 5) is 6.82. The highest BCUT2D eigenvalue weighted by Gasteiger charge is 2.27. The average Bonchev–Trinajstić information content (AvgIpc) is 2.95. The molecule has 0 aromatic heterocycles. The van der Waals surface area contributed by atoms with Gasteiger partial charge in [0, 0.05) is 39.8 Å². The van der Waals surface area contributed by atoms with Crippen LogP contribution in [0.3, 0.4) is 0 Å². The molecular weight excluding hydrogens is 324 g/mol. The molecule has 1 unspecified atom stereocenters. The number of sulfonamides is 1. The summed E-state index contributed by atoms with van der Waals surface area (Å²) in [6, 6.07) is 0. The number of nitrogens with zero attached hydrogens (tertiary/aromatic N) is 3. The van der Waals surface area contributed by atoms with Crippen molar-refractivity contribution in [1.82, 2.24) is 14.5 Å². The summed E-state index contributed by atoms with van der Waals surface area (Å²) in [7, 11) is -1.18. The van der Waals surface area contributed by atoms with Gasteiger partial charge in [-0.1, -0.05) is 13.8 Å². The quantitative estimate of drug-likeness (QED) is 0.599. The van der Waals surface area contributed by atoms with E-state index in [0.29, 0.717) is 19.0 Å². The molecule has 0 spiro atoms. The summed E-state index contributed by atoms with van der Waals surface area (Å²) in [6.45, 7) is 8.94. The first kappa shape index (κ1) is 19.5. The molecule has 2 saturated heterocycles. The van der Waals surface area contributed by atoms with Gasteiger partial charge in [-0.05, 0) is 43.4 Å². The number of hydrogen-bond donors (Lipinski definition) is 1. The van der Waals surface area contributed by atoms with Crippen LogP contribution in [0.1, 0.15) is 39.5 Å². The highest BCUT2D eigenvalue weighted by Crippen LogP contribution is 2.23. The molecule has 7 heteroatoms. The molecule has 0 radical (unpaired) electrons. The van der Waals surface area contributed by atoms with E-state index in [1.54, 1.807) is 4.31 Å². The molecule has 2 fully saturated rings. The monoisotopic (exact) mass is 358 g/mol. The van der Waals surface area contributed by atoms with Gasteiger partial charge in [0.25, 0.3) is 0 Å². The molecule has 0 aliphatic carbocycles. The summed E-state index contributed by atoms with van der Waals surface area (Å²) in [5, 5.41) is 3.52. The normalized spacial score (nSPS) is 24.8. The lowest BCUT2D eigenvalue weighted by molar-refractivity contribution is 0.273. The highest BCUT2D eigenvalue weighted by molar-refractivity contribution is 7.88. The molecule has 24 heavy (non-hydrogen) atoms. The lowest BCUT2D eigenvalue weighted by atomic mass is 9.97. The Labute approximate surface area is 147 Å². The van der Waals surface area contributed by atoms with Crippen molar-refractivity contribution < 1.29 is 8.42 Å². The van der Waals surface area contributed by atoms with Crippen molar-refractivity contribution in [1.29, 1.82) is 0 Å². The molecule has 6 nitrogen and oxygen atoms in total. The van der Waals surface area contributed by atoms with Gasteiger partial charge in [-0.2, -0.15) is 0 Å². The minimum atomic E-state index is -3.03. The molecule has 2 rings (SSSR count). The summed E-state index contributed by atoms with van der Waals surface area (Å²) in [6.07, 6.45) is 5.69. The SMILES string of the molecule is CN=C(NCC1CCN(S(C)(=O)=O)CC1)N1CCC(CC(C)C)C1. The van der Waals surface area contributed by atoms with Crippen LogP contribution in [0.25, 0.3) is 0 Å². The first-order chi connectivity index (χ1) is 11.3. The lowest BCUT2D eigenvalue weighted by Gasteiger charge is -2.31. The van der Waals surface area contributed by atoms with Crippen LogP contribution in [0.4, 0.5) is 0 Å². The first-order valence-electron chi connectivity index (χ1n) is 9.20. The molecule has 1 N–H and O–H groups in total. The Morgan fingerprint density at radius 3 is 2.33 bits per heavy atom. The topological polar surface area (TPSA) is 65.0 Å². The molecule has 0 aromatic rings. The van der Waals surface area contributed by atoms with Crippen molar-refractivity contribution in [2.75, 3.05) is 46.0 Å². The van der Waals surface area contributed by atoms with E-state index in [2.05, 4.69) is 29.1 Å². The van der Waals surface area contributed by atoms with Crippen LogP contribution in [0.2, 0.25) is 0 Å². The van der Waals surface area contributed by atoms with Gasteiger partial charge in [0.15, 0.2) is 5.96 Å². The standard InChI is InChI=1S/C17H34N4O2S/c1-14(2)11-16-5-8-20(13-16)17(18-3)19-12-15-6-9-21(10-7-15)24(4,22)23/h14-16H,5-13H2,1-4H3,(H,18,19).